The lowest BCUT2D eigenvalue weighted by molar-refractivity contribution is 0.0971. The maximum Gasteiger partial charge on any atom is 0.279 e. The van der Waals surface area contributed by atoms with E-state index >= 15 is 0 Å². The number of anilines is 1. The van der Waals surface area contributed by atoms with Crippen molar-refractivity contribution < 1.29 is 9.53 Å². The molecule has 0 spiro atoms. The Bertz CT molecular complexity index is 800. The number of amides is 1. The van der Waals surface area contributed by atoms with E-state index in [-0.39, 0.29) is 11.3 Å². The maximum atomic E-state index is 13.1. The number of ether oxygens (including phenoxy) is 1. The average Bonchev–Trinajstić information content (AvgIpc) is 2.88. The molecule has 5 nitrogen and oxygen atoms in total. The van der Waals surface area contributed by atoms with Crippen LogP contribution >= 0.6 is 0 Å². The van der Waals surface area contributed by atoms with Crippen LogP contribution in [0.3, 0.4) is 0 Å². The van der Waals surface area contributed by atoms with Crippen molar-refractivity contribution in [3.63, 3.8) is 0 Å². The Morgan fingerprint density at radius 3 is 2.54 bits per heavy atom. The van der Waals surface area contributed by atoms with Gasteiger partial charge in [0.05, 0.1) is 12.2 Å². The molecular formula is C19H25N3O2. The molecule has 0 atom stereocenters. The summed E-state index contributed by atoms with van der Waals surface area (Å²) in [4.78, 5) is 14.9. The van der Waals surface area contributed by atoms with Gasteiger partial charge in [0.25, 0.3) is 5.91 Å². The summed E-state index contributed by atoms with van der Waals surface area (Å²) in [7, 11) is 1.89. The van der Waals surface area contributed by atoms with Crippen molar-refractivity contribution in [3.8, 4) is 5.75 Å². The summed E-state index contributed by atoms with van der Waals surface area (Å²) in [6.07, 6.45) is 0. The molecule has 1 aliphatic rings. The summed E-state index contributed by atoms with van der Waals surface area (Å²) in [5.74, 6) is 0.725. The van der Waals surface area contributed by atoms with Crippen LogP contribution in [0.15, 0.2) is 18.2 Å². The van der Waals surface area contributed by atoms with Gasteiger partial charge < -0.3 is 9.64 Å². The molecule has 1 aromatic carbocycles. The molecule has 0 N–H and O–H groups in total. The Balaban J connectivity index is 2.01. The Kier molecular flexibility index (Phi) is 3.90. The first kappa shape index (κ1) is 16.6. The Labute approximate surface area is 143 Å². The summed E-state index contributed by atoms with van der Waals surface area (Å²) in [6, 6.07) is 5.98. The normalized spacial score (nSPS) is 14.3. The predicted molar refractivity (Wildman–Crippen MR) is 95.0 cm³/mol. The number of carbonyl (C=O) groups excluding carboxylic acids is 1. The van der Waals surface area contributed by atoms with Crippen LogP contribution < -0.4 is 9.64 Å². The first-order chi connectivity index (χ1) is 11.2. The first-order valence-electron chi connectivity index (χ1n) is 8.29. The van der Waals surface area contributed by atoms with Crippen molar-refractivity contribution >= 4 is 11.6 Å². The van der Waals surface area contributed by atoms with Crippen molar-refractivity contribution in [1.29, 1.82) is 0 Å². The van der Waals surface area contributed by atoms with Gasteiger partial charge in [-0.25, -0.2) is 0 Å². The van der Waals surface area contributed by atoms with Crippen molar-refractivity contribution in [2.75, 3.05) is 18.1 Å². The first-order valence-corrected chi connectivity index (χ1v) is 8.29. The molecule has 0 unspecified atom stereocenters. The van der Waals surface area contributed by atoms with Gasteiger partial charge in [0.1, 0.15) is 12.4 Å². The lowest BCUT2D eigenvalue weighted by atomic mass is 9.92. The number of aromatic nitrogens is 2. The second-order valence-corrected chi connectivity index (χ2v) is 7.52. The molecule has 24 heavy (non-hydrogen) atoms. The predicted octanol–water partition coefficient (Wildman–Crippen LogP) is 3.37. The van der Waals surface area contributed by atoms with Crippen molar-refractivity contribution in [2.45, 2.75) is 40.0 Å². The molecule has 5 heteroatoms. The number of benzene rings is 1. The molecule has 0 bridgehead atoms. The molecule has 0 aliphatic carbocycles. The van der Waals surface area contributed by atoms with E-state index in [1.807, 2.05) is 33.0 Å². The second-order valence-electron chi connectivity index (χ2n) is 7.52. The van der Waals surface area contributed by atoms with Gasteiger partial charge in [-0.3, -0.25) is 9.48 Å². The van der Waals surface area contributed by atoms with E-state index in [0.29, 0.717) is 18.8 Å². The largest absolute Gasteiger partial charge is 0.489 e. The number of aryl methyl sites for hydroxylation is 3. The summed E-state index contributed by atoms with van der Waals surface area (Å²) < 4.78 is 7.59. The quantitative estimate of drug-likeness (QED) is 0.807. The summed E-state index contributed by atoms with van der Waals surface area (Å²) in [6.45, 7) is 11.4. The molecule has 0 saturated carbocycles. The maximum absolute atomic E-state index is 13.1. The van der Waals surface area contributed by atoms with E-state index in [1.165, 1.54) is 0 Å². The highest BCUT2D eigenvalue weighted by molar-refractivity contribution is 6.06. The van der Waals surface area contributed by atoms with Crippen molar-refractivity contribution in [2.24, 2.45) is 7.05 Å². The average molecular weight is 327 g/mol. The van der Waals surface area contributed by atoms with Crippen LogP contribution in [0.5, 0.6) is 5.75 Å². The topological polar surface area (TPSA) is 47.4 Å². The molecule has 0 fully saturated rings. The van der Waals surface area contributed by atoms with Crippen molar-refractivity contribution in [1.82, 2.24) is 9.78 Å². The number of hydrogen-bond donors (Lipinski definition) is 0. The van der Waals surface area contributed by atoms with Gasteiger partial charge in [0.2, 0.25) is 0 Å². The smallest absolute Gasteiger partial charge is 0.279 e. The van der Waals surface area contributed by atoms with Crippen LogP contribution in [0.2, 0.25) is 0 Å². The minimum absolute atomic E-state index is 0.0592. The zero-order chi connectivity index (χ0) is 17.6. The Morgan fingerprint density at radius 2 is 1.92 bits per heavy atom. The molecule has 128 valence electrons. The van der Waals surface area contributed by atoms with Gasteiger partial charge in [-0.05, 0) is 37.1 Å². The second kappa shape index (κ2) is 5.65. The van der Waals surface area contributed by atoms with E-state index in [1.54, 1.807) is 9.58 Å². The van der Waals surface area contributed by atoms with Gasteiger partial charge in [-0.2, -0.15) is 5.10 Å². The van der Waals surface area contributed by atoms with Crippen LogP contribution in [0.4, 0.5) is 5.69 Å². The van der Waals surface area contributed by atoms with Gasteiger partial charge in [-0.1, -0.05) is 26.8 Å². The monoisotopic (exact) mass is 327 g/mol. The van der Waals surface area contributed by atoms with Crippen LogP contribution in [-0.2, 0) is 12.5 Å². The lowest BCUT2D eigenvalue weighted by Crippen LogP contribution is -2.38. The standard InChI is InChI=1S/C19H25N3O2/c1-12-9-13(2)17-15(10-12)22(7-8-24-17)18(23)14-11-16(19(3,4)5)21(6)20-14/h9-11H,7-8H2,1-6H3. The third-order valence-electron chi connectivity index (χ3n) is 4.36. The van der Waals surface area contributed by atoms with E-state index in [0.717, 1.165) is 28.3 Å². The Hall–Kier alpha value is -2.30. The number of nitrogens with zero attached hydrogens (tertiary/aromatic N) is 3. The SMILES string of the molecule is Cc1cc(C)c2c(c1)N(C(=O)c1cc(C(C)(C)C)n(C)n1)CCO2. The Morgan fingerprint density at radius 1 is 1.21 bits per heavy atom. The van der Waals surface area contributed by atoms with Crippen LogP contribution in [0.25, 0.3) is 0 Å². The summed E-state index contributed by atoms with van der Waals surface area (Å²) in [5.41, 5.74) is 4.47. The molecule has 2 heterocycles. The van der Waals surface area contributed by atoms with Crippen LogP contribution in [0, 0.1) is 13.8 Å². The van der Waals surface area contributed by atoms with E-state index < -0.39 is 0 Å². The molecule has 3 rings (SSSR count). The highest BCUT2D eigenvalue weighted by atomic mass is 16.5. The summed E-state index contributed by atoms with van der Waals surface area (Å²) >= 11 is 0. The van der Waals surface area contributed by atoms with Gasteiger partial charge >= 0.3 is 0 Å². The zero-order valence-corrected chi connectivity index (χ0v) is 15.3. The minimum Gasteiger partial charge on any atom is -0.489 e. The number of hydrogen-bond acceptors (Lipinski definition) is 3. The van der Waals surface area contributed by atoms with Crippen LogP contribution in [0.1, 0.15) is 48.1 Å². The number of carbonyl (C=O) groups is 1. The molecular weight excluding hydrogens is 302 g/mol. The van der Waals surface area contributed by atoms with Crippen LogP contribution in [-0.4, -0.2) is 28.8 Å². The summed E-state index contributed by atoms with van der Waals surface area (Å²) in [5, 5.41) is 4.45. The fourth-order valence-corrected chi connectivity index (χ4v) is 3.30. The molecule has 1 aliphatic heterocycles. The third kappa shape index (κ3) is 2.79. The minimum atomic E-state index is -0.0735. The lowest BCUT2D eigenvalue weighted by Gasteiger charge is -2.30. The van der Waals surface area contributed by atoms with Gasteiger partial charge in [0.15, 0.2) is 5.69 Å². The van der Waals surface area contributed by atoms with Gasteiger partial charge in [0, 0.05) is 18.2 Å². The molecule has 0 radical (unpaired) electrons. The molecule has 1 amide bonds. The fraction of sp³-hybridized carbons (Fsp3) is 0.474. The number of fused-ring (bicyclic) bond motifs is 1. The molecule has 0 saturated heterocycles. The molecule has 2 aromatic rings. The zero-order valence-electron chi connectivity index (χ0n) is 15.3. The van der Waals surface area contributed by atoms with Crippen molar-refractivity contribution in [3.05, 3.63) is 40.7 Å². The van der Waals surface area contributed by atoms with Gasteiger partial charge in [-0.15, -0.1) is 0 Å². The highest BCUT2D eigenvalue weighted by Gasteiger charge is 2.29. The fourth-order valence-electron chi connectivity index (χ4n) is 3.30. The van der Waals surface area contributed by atoms with E-state index in [2.05, 4.69) is 31.9 Å². The van der Waals surface area contributed by atoms with E-state index in [9.17, 15) is 4.79 Å². The number of rotatable bonds is 1. The van der Waals surface area contributed by atoms with E-state index in [4.69, 9.17) is 4.74 Å². The molecule has 1 aromatic heterocycles. The third-order valence-corrected chi connectivity index (χ3v) is 4.36. The highest BCUT2D eigenvalue weighted by Crippen LogP contribution is 2.36.